The minimum absolute atomic E-state index is 0.191. The van der Waals surface area contributed by atoms with E-state index in [4.69, 9.17) is 10.5 Å². The molecule has 0 atom stereocenters. The predicted molar refractivity (Wildman–Crippen MR) is 69.0 cm³/mol. The smallest absolute Gasteiger partial charge is 0.341 e. The number of hydrogen-bond acceptors (Lipinski definition) is 5. The van der Waals surface area contributed by atoms with Gasteiger partial charge in [0.15, 0.2) is 5.82 Å². The summed E-state index contributed by atoms with van der Waals surface area (Å²) in [7, 11) is 0. The van der Waals surface area contributed by atoms with Crippen molar-refractivity contribution in [3.05, 3.63) is 34.6 Å². The Labute approximate surface area is 108 Å². The fraction of sp³-hybridized carbons (Fsp3) is 0.182. The standard InChI is InChI=1S/C11H12BrN3O2/c1-2-17-11(16)8(5-13)6-14-10-4-3-9(12)7-15-10/h3-7H,2,13H2,1H3/b8-5+,14-6?. The Hall–Kier alpha value is -1.69. The zero-order chi connectivity index (χ0) is 12.7. The molecule has 90 valence electrons. The number of nitrogens with two attached hydrogens (primary N) is 1. The molecule has 5 nitrogen and oxygen atoms in total. The molecule has 0 aliphatic carbocycles. The van der Waals surface area contributed by atoms with Crippen LogP contribution in [0.4, 0.5) is 5.82 Å². The van der Waals surface area contributed by atoms with Crippen molar-refractivity contribution < 1.29 is 9.53 Å². The van der Waals surface area contributed by atoms with Gasteiger partial charge in [-0.2, -0.15) is 0 Å². The number of carbonyl (C=O) groups is 1. The molecule has 0 bridgehead atoms. The number of ether oxygens (including phenoxy) is 1. The fourth-order valence-electron chi connectivity index (χ4n) is 0.958. The minimum atomic E-state index is -0.504. The first-order valence-corrected chi connectivity index (χ1v) is 5.71. The summed E-state index contributed by atoms with van der Waals surface area (Å²) in [5.74, 6) is -0.0206. The van der Waals surface area contributed by atoms with Gasteiger partial charge in [0.2, 0.25) is 0 Å². The number of aliphatic imine (C=N–C) groups is 1. The van der Waals surface area contributed by atoms with Crippen LogP contribution in [-0.4, -0.2) is 23.8 Å². The highest BCUT2D eigenvalue weighted by atomic mass is 79.9. The van der Waals surface area contributed by atoms with Gasteiger partial charge in [-0.1, -0.05) is 0 Å². The molecule has 0 amide bonds. The van der Waals surface area contributed by atoms with E-state index in [1.807, 2.05) is 0 Å². The molecule has 17 heavy (non-hydrogen) atoms. The molecule has 1 heterocycles. The van der Waals surface area contributed by atoms with Gasteiger partial charge in [0.25, 0.3) is 0 Å². The molecule has 0 aliphatic rings. The second-order valence-electron chi connectivity index (χ2n) is 2.94. The summed E-state index contributed by atoms with van der Waals surface area (Å²) in [5.41, 5.74) is 5.50. The van der Waals surface area contributed by atoms with Gasteiger partial charge in [-0.05, 0) is 35.0 Å². The van der Waals surface area contributed by atoms with Gasteiger partial charge in [0.05, 0.1) is 12.2 Å². The Morgan fingerprint density at radius 1 is 1.65 bits per heavy atom. The number of hydrogen-bond donors (Lipinski definition) is 1. The van der Waals surface area contributed by atoms with E-state index in [2.05, 4.69) is 25.9 Å². The monoisotopic (exact) mass is 297 g/mol. The highest BCUT2D eigenvalue weighted by molar-refractivity contribution is 9.10. The molecule has 0 aliphatic heterocycles. The first-order valence-electron chi connectivity index (χ1n) is 4.92. The van der Waals surface area contributed by atoms with E-state index in [9.17, 15) is 4.79 Å². The zero-order valence-electron chi connectivity index (χ0n) is 9.26. The molecule has 0 spiro atoms. The van der Waals surface area contributed by atoms with Crippen LogP contribution in [0.5, 0.6) is 0 Å². The van der Waals surface area contributed by atoms with Gasteiger partial charge in [-0.15, -0.1) is 0 Å². The molecule has 1 aromatic heterocycles. The van der Waals surface area contributed by atoms with Gasteiger partial charge >= 0.3 is 5.97 Å². The molecule has 0 saturated heterocycles. The first kappa shape index (κ1) is 13.4. The van der Waals surface area contributed by atoms with Crippen molar-refractivity contribution in [3.8, 4) is 0 Å². The maximum atomic E-state index is 11.4. The van der Waals surface area contributed by atoms with Crippen LogP contribution < -0.4 is 5.73 Å². The van der Waals surface area contributed by atoms with Crippen LogP contribution in [0.2, 0.25) is 0 Å². The van der Waals surface area contributed by atoms with Gasteiger partial charge in [-0.25, -0.2) is 14.8 Å². The number of halogens is 1. The maximum absolute atomic E-state index is 11.4. The lowest BCUT2D eigenvalue weighted by atomic mass is 10.3. The predicted octanol–water partition coefficient (Wildman–Crippen LogP) is 1.95. The van der Waals surface area contributed by atoms with Crippen LogP contribution in [0, 0.1) is 0 Å². The third kappa shape index (κ3) is 4.36. The second kappa shape index (κ2) is 6.80. The van der Waals surface area contributed by atoms with E-state index in [-0.39, 0.29) is 5.57 Å². The molecular weight excluding hydrogens is 286 g/mol. The van der Waals surface area contributed by atoms with Crippen LogP contribution in [-0.2, 0) is 9.53 Å². The Morgan fingerprint density at radius 3 is 2.94 bits per heavy atom. The number of rotatable bonds is 4. The number of esters is 1. The number of nitrogens with zero attached hydrogens (tertiary/aromatic N) is 2. The number of pyridine rings is 1. The highest BCUT2D eigenvalue weighted by Crippen LogP contribution is 2.12. The van der Waals surface area contributed by atoms with Crippen LogP contribution >= 0.6 is 15.9 Å². The summed E-state index contributed by atoms with van der Waals surface area (Å²) >= 11 is 3.26. The summed E-state index contributed by atoms with van der Waals surface area (Å²) < 4.78 is 5.65. The minimum Gasteiger partial charge on any atom is -0.462 e. The van der Waals surface area contributed by atoms with E-state index in [1.54, 1.807) is 25.3 Å². The van der Waals surface area contributed by atoms with E-state index in [0.29, 0.717) is 12.4 Å². The molecule has 1 aromatic rings. The SMILES string of the molecule is CCOC(=O)/C(C=Nc1ccc(Br)cn1)=C/N. The van der Waals surface area contributed by atoms with Gasteiger partial charge in [0, 0.05) is 23.1 Å². The van der Waals surface area contributed by atoms with Crippen molar-refractivity contribution in [1.29, 1.82) is 0 Å². The molecule has 0 fully saturated rings. The zero-order valence-corrected chi connectivity index (χ0v) is 10.8. The lowest BCUT2D eigenvalue weighted by Crippen LogP contribution is -2.10. The summed E-state index contributed by atoms with van der Waals surface area (Å²) in [6.07, 6.45) is 4.09. The number of aromatic nitrogens is 1. The summed E-state index contributed by atoms with van der Waals surface area (Å²) in [4.78, 5) is 19.4. The molecule has 0 saturated carbocycles. The highest BCUT2D eigenvalue weighted by Gasteiger charge is 2.06. The van der Waals surface area contributed by atoms with Crippen LogP contribution in [0.25, 0.3) is 0 Å². The lowest BCUT2D eigenvalue weighted by Gasteiger charge is -2.00. The van der Waals surface area contributed by atoms with Crippen molar-refractivity contribution in [3.63, 3.8) is 0 Å². The molecule has 0 radical (unpaired) electrons. The van der Waals surface area contributed by atoms with E-state index < -0.39 is 5.97 Å². The molecule has 0 unspecified atom stereocenters. The Bertz CT molecular complexity index is 441. The average Bonchev–Trinajstić information content (AvgIpc) is 2.32. The molecule has 1 rings (SSSR count). The molecule has 6 heteroatoms. The van der Waals surface area contributed by atoms with Gasteiger partial charge in [-0.3, -0.25) is 0 Å². The van der Waals surface area contributed by atoms with Crippen LogP contribution in [0.15, 0.2) is 39.6 Å². The average molecular weight is 298 g/mol. The van der Waals surface area contributed by atoms with Crippen molar-refractivity contribution in [2.75, 3.05) is 6.61 Å². The molecule has 2 N–H and O–H groups in total. The Morgan fingerprint density at radius 2 is 2.41 bits per heavy atom. The van der Waals surface area contributed by atoms with Gasteiger partial charge < -0.3 is 10.5 Å². The first-order chi connectivity index (χ1) is 8.17. The van der Waals surface area contributed by atoms with Crippen LogP contribution in [0.3, 0.4) is 0 Å². The fourth-order valence-corrected chi connectivity index (χ4v) is 1.19. The largest absolute Gasteiger partial charge is 0.462 e. The third-order valence-corrected chi connectivity index (χ3v) is 2.21. The van der Waals surface area contributed by atoms with E-state index in [1.165, 1.54) is 6.21 Å². The maximum Gasteiger partial charge on any atom is 0.341 e. The van der Waals surface area contributed by atoms with E-state index in [0.717, 1.165) is 10.7 Å². The van der Waals surface area contributed by atoms with Crippen molar-refractivity contribution >= 4 is 33.9 Å². The van der Waals surface area contributed by atoms with Gasteiger partial charge in [0.1, 0.15) is 0 Å². The van der Waals surface area contributed by atoms with Crippen LogP contribution in [0.1, 0.15) is 6.92 Å². The third-order valence-electron chi connectivity index (χ3n) is 1.74. The summed E-state index contributed by atoms with van der Waals surface area (Å²) in [6, 6.07) is 3.51. The summed E-state index contributed by atoms with van der Waals surface area (Å²) in [6.45, 7) is 2.01. The Kier molecular flexibility index (Phi) is 5.35. The quantitative estimate of drug-likeness (QED) is 0.523. The van der Waals surface area contributed by atoms with Crippen molar-refractivity contribution in [2.24, 2.45) is 10.7 Å². The van der Waals surface area contributed by atoms with Crippen molar-refractivity contribution in [1.82, 2.24) is 4.98 Å². The normalized spacial score (nSPS) is 11.8. The molecular formula is C11H12BrN3O2. The second-order valence-corrected chi connectivity index (χ2v) is 3.85. The van der Waals surface area contributed by atoms with E-state index >= 15 is 0 Å². The van der Waals surface area contributed by atoms with Crippen molar-refractivity contribution in [2.45, 2.75) is 6.92 Å². The summed E-state index contributed by atoms with van der Waals surface area (Å²) in [5, 5.41) is 0. The topological polar surface area (TPSA) is 77.6 Å². The molecule has 0 aromatic carbocycles. The lowest BCUT2D eigenvalue weighted by molar-refractivity contribution is -0.137. The Balaban J connectivity index is 2.75. The number of carbonyl (C=O) groups excluding carboxylic acids is 1.